The van der Waals surface area contributed by atoms with E-state index in [1.807, 2.05) is 32.9 Å². The highest BCUT2D eigenvalue weighted by Gasteiger charge is 2.09. The summed E-state index contributed by atoms with van der Waals surface area (Å²) >= 11 is 0. The Morgan fingerprint density at radius 1 is 1.04 bits per heavy atom. The zero-order chi connectivity index (χ0) is 17.5. The van der Waals surface area contributed by atoms with Gasteiger partial charge in [-0.05, 0) is 68.8 Å². The molecule has 0 heterocycles. The Morgan fingerprint density at radius 2 is 1.58 bits per heavy atom. The Balaban J connectivity index is 2.27. The molecule has 0 saturated heterocycles. The van der Waals surface area contributed by atoms with Gasteiger partial charge < -0.3 is 14.6 Å². The van der Waals surface area contributed by atoms with E-state index in [1.54, 1.807) is 18.2 Å². The molecule has 0 atom stereocenters. The Hall–Kier alpha value is -2.75. The first-order valence-electron chi connectivity index (χ1n) is 7.96. The van der Waals surface area contributed by atoms with Crippen LogP contribution in [0.2, 0.25) is 0 Å². The summed E-state index contributed by atoms with van der Waals surface area (Å²) < 4.78 is 11.3. The molecule has 0 aliphatic rings. The molecule has 0 aromatic heterocycles. The maximum absolute atomic E-state index is 12.2. The van der Waals surface area contributed by atoms with E-state index in [9.17, 15) is 9.90 Å². The molecular weight excluding hydrogens is 304 g/mol. The number of benzene rings is 2. The predicted octanol–water partition coefficient (Wildman–Crippen LogP) is 4.39. The first-order valence-corrected chi connectivity index (χ1v) is 7.96. The number of phenols is 1. The third-order valence-electron chi connectivity index (χ3n) is 3.51. The molecule has 24 heavy (non-hydrogen) atoms. The summed E-state index contributed by atoms with van der Waals surface area (Å²) in [6, 6.07) is 9.95. The van der Waals surface area contributed by atoms with E-state index in [0.29, 0.717) is 18.8 Å². The smallest absolute Gasteiger partial charge is 0.185 e. The van der Waals surface area contributed by atoms with Gasteiger partial charge in [-0.1, -0.05) is 6.08 Å². The standard InChI is InChI=1S/C20H22O4/c1-4-23-19-12-15(13-20(14(19)3)24-5-2)6-11-18(22)16-7-9-17(21)10-8-16/h6-13,21H,4-5H2,1-3H3. The maximum atomic E-state index is 12.2. The van der Waals surface area contributed by atoms with E-state index in [1.165, 1.54) is 18.2 Å². The summed E-state index contributed by atoms with van der Waals surface area (Å²) in [5.74, 6) is 1.50. The van der Waals surface area contributed by atoms with Gasteiger partial charge in [0.05, 0.1) is 13.2 Å². The molecule has 0 aliphatic heterocycles. The molecule has 0 bridgehead atoms. The minimum atomic E-state index is -0.133. The van der Waals surface area contributed by atoms with Gasteiger partial charge in [-0.3, -0.25) is 4.79 Å². The Kier molecular flexibility index (Phi) is 6.01. The lowest BCUT2D eigenvalue weighted by Gasteiger charge is -2.13. The van der Waals surface area contributed by atoms with E-state index >= 15 is 0 Å². The third kappa shape index (κ3) is 4.38. The molecule has 1 N–H and O–H groups in total. The first kappa shape index (κ1) is 17.6. The average molecular weight is 326 g/mol. The van der Waals surface area contributed by atoms with Crippen LogP contribution in [0.15, 0.2) is 42.5 Å². The van der Waals surface area contributed by atoms with Crippen molar-refractivity contribution in [1.82, 2.24) is 0 Å². The van der Waals surface area contributed by atoms with Crippen molar-refractivity contribution in [1.29, 1.82) is 0 Å². The topological polar surface area (TPSA) is 55.8 Å². The molecule has 0 spiro atoms. The molecule has 0 saturated carbocycles. The number of hydrogen-bond acceptors (Lipinski definition) is 4. The van der Waals surface area contributed by atoms with Crippen LogP contribution in [0.5, 0.6) is 17.2 Å². The molecule has 126 valence electrons. The van der Waals surface area contributed by atoms with Crippen molar-refractivity contribution in [3.63, 3.8) is 0 Å². The Bertz CT molecular complexity index is 703. The highest BCUT2D eigenvalue weighted by molar-refractivity contribution is 6.06. The van der Waals surface area contributed by atoms with Crippen LogP contribution in [0.3, 0.4) is 0 Å². The van der Waals surface area contributed by atoms with Crippen LogP contribution < -0.4 is 9.47 Å². The molecule has 0 fully saturated rings. The summed E-state index contributed by atoms with van der Waals surface area (Å²) in [5, 5.41) is 9.28. The number of phenolic OH excluding ortho intramolecular Hbond substituents is 1. The third-order valence-corrected chi connectivity index (χ3v) is 3.51. The van der Waals surface area contributed by atoms with E-state index in [4.69, 9.17) is 9.47 Å². The molecule has 0 radical (unpaired) electrons. The van der Waals surface area contributed by atoms with Gasteiger partial charge in [-0.25, -0.2) is 0 Å². The SMILES string of the molecule is CCOc1cc(C=CC(=O)c2ccc(O)cc2)cc(OCC)c1C. The quantitative estimate of drug-likeness (QED) is 0.605. The molecular formula is C20H22O4. The second-order valence-corrected chi connectivity index (χ2v) is 5.25. The van der Waals surface area contributed by atoms with Crippen molar-refractivity contribution in [2.75, 3.05) is 13.2 Å². The van der Waals surface area contributed by atoms with Gasteiger partial charge >= 0.3 is 0 Å². The number of ketones is 1. The number of aromatic hydroxyl groups is 1. The lowest BCUT2D eigenvalue weighted by molar-refractivity contribution is 0.104. The number of hydrogen-bond donors (Lipinski definition) is 1. The molecule has 0 unspecified atom stereocenters. The highest BCUT2D eigenvalue weighted by atomic mass is 16.5. The van der Waals surface area contributed by atoms with Crippen LogP contribution in [-0.2, 0) is 0 Å². The van der Waals surface area contributed by atoms with Crippen molar-refractivity contribution in [2.24, 2.45) is 0 Å². The second-order valence-electron chi connectivity index (χ2n) is 5.25. The van der Waals surface area contributed by atoms with Gasteiger partial charge in [-0.2, -0.15) is 0 Å². The van der Waals surface area contributed by atoms with Crippen molar-refractivity contribution in [3.05, 3.63) is 59.2 Å². The van der Waals surface area contributed by atoms with Crippen LogP contribution in [0.4, 0.5) is 0 Å². The molecule has 2 aromatic carbocycles. The first-order chi connectivity index (χ1) is 11.5. The zero-order valence-corrected chi connectivity index (χ0v) is 14.2. The number of carbonyl (C=O) groups is 1. The average Bonchev–Trinajstić information content (AvgIpc) is 2.57. The monoisotopic (exact) mass is 326 g/mol. The van der Waals surface area contributed by atoms with Gasteiger partial charge in [-0.15, -0.1) is 0 Å². The van der Waals surface area contributed by atoms with E-state index < -0.39 is 0 Å². The van der Waals surface area contributed by atoms with Gasteiger partial charge in [0.15, 0.2) is 5.78 Å². The second kappa shape index (κ2) is 8.20. The van der Waals surface area contributed by atoms with Crippen molar-refractivity contribution in [3.8, 4) is 17.2 Å². The van der Waals surface area contributed by atoms with Gasteiger partial charge in [0.25, 0.3) is 0 Å². The summed E-state index contributed by atoms with van der Waals surface area (Å²) in [6.45, 7) is 6.93. The summed E-state index contributed by atoms with van der Waals surface area (Å²) in [7, 11) is 0. The van der Waals surface area contributed by atoms with Crippen LogP contribution in [0.25, 0.3) is 6.08 Å². The highest BCUT2D eigenvalue weighted by Crippen LogP contribution is 2.30. The Morgan fingerprint density at radius 3 is 2.08 bits per heavy atom. The van der Waals surface area contributed by atoms with Gasteiger partial charge in [0, 0.05) is 11.1 Å². The maximum Gasteiger partial charge on any atom is 0.185 e. The van der Waals surface area contributed by atoms with E-state index in [2.05, 4.69) is 0 Å². The minimum absolute atomic E-state index is 0.133. The Labute approximate surface area is 142 Å². The van der Waals surface area contributed by atoms with Crippen LogP contribution in [0.1, 0.15) is 35.3 Å². The fourth-order valence-electron chi connectivity index (χ4n) is 2.28. The summed E-state index contributed by atoms with van der Waals surface area (Å²) in [5.41, 5.74) is 2.30. The fourth-order valence-corrected chi connectivity index (χ4v) is 2.28. The molecule has 2 aromatic rings. The molecule has 0 aliphatic carbocycles. The van der Waals surface area contributed by atoms with Crippen LogP contribution in [-0.4, -0.2) is 24.1 Å². The van der Waals surface area contributed by atoms with Gasteiger partial charge in [0.2, 0.25) is 0 Å². The normalized spacial score (nSPS) is 10.8. The zero-order valence-electron chi connectivity index (χ0n) is 14.2. The number of ether oxygens (including phenoxy) is 2. The predicted molar refractivity (Wildman–Crippen MR) is 95.0 cm³/mol. The number of carbonyl (C=O) groups excluding carboxylic acids is 1. The molecule has 2 rings (SSSR count). The van der Waals surface area contributed by atoms with Crippen LogP contribution >= 0.6 is 0 Å². The largest absolute Gasteiger partial charge is 0.508 e. The van der Waals surface area contributed by atoms with E-state index in [-0.39, 0.29) is 11.5 Å². The van der Waals surface area contributed by atoms with Crippen molar-refractivity contribution < 1.29 is 19.4 Å². The fraction of sp³-hybridized carbons (Fsp3) is 0.250. The molecule has 4 nitrogen and oxygen atoms in total. The summed E-state index contributed by atoms with van der Waals surface area (Å²) in [6.07, 6.45) is 3.24. The van der Waals surface area contributed by atoms with Gasteiger partial charge in [0.1, 0.15) is 17.2 Å². The lowest BCUT2D eigenvalue weighted by Crippen LogP contribution is -2.00. The summed E-state index contributed by atoms with van der Waals surface area (Å²) in [4.78, 5) is 12.2. The lowest BCUT2D eigenvalue weighted by atomic mass is 10.1. The van der Waals surface area contributed by atoms with Crippen LogP contribution in [0, 0.1) is 6.92 Å². The minimum Gasteiger partial charge on any atom is -0.508 e. The molecule has 0 amide bonds. The molecule has 4 heteroatoms. The number of rotatable bonds is 7. The van der Waals surface area contributed by atoms with E-state index in [0.717, 1.165) is 22.6 Å². The van der Waals surface area contributed by atoms with Crippen molar-refractivity contribution >= 4 is 11.9 Å². The number of allylic oxidation sites excluding steroid dienone is 1. The van der Waals surface area contributed by atoms with Crippen molar-refractivity contribution in [2.45, 2.75) is 20.8 Å².